The van der Waals surface area contributed by atoms with E-state index in [4.69, 9.17) is 0 Å². The van der Waals surface area contributed by atoms with Crippen LogP contribution in [-0.4, -0.2) is 11.6 Å². The Balaban J connectivity index is 0.00000338. The lowest BCUT2D eigenvalue weighted by Gasteiger charge is -2.19. The number of rotatable bonds is 4. The number of halogens is 4. The monoisotopic (exact) mass is 784 g/mol. The van der Waals surface area contributed by atoms with Crippen LogP contribution in [0.25, 0.3) is 22.8 Å². The van der Waals surface area contributed by atoms with Gasteiger partial charge in [-0.25, -0.2) is 0 Å². The first-order valence-corrected chi connectivity index (χ1v) is 16.8. The van der Waals surface area contributed by atoms with E-state index in [0.717, 1.165) is 22.3 Å². The SMILES string of the molecule is CC(C)(C)c1cc[n+](C2=C([n+]3ccc(C(C)(C)C)cc3)C(=O)C([n+]3ccc(C(C)(C)C)cc3)=C([n+]3ccc(C(C)(C)C)cc3)C2=O)cc1.[Cl-].[Cl-].[Cl-].[Cl-]. The lowest BCUT2D eigenvalue weighted by Crippen LogP contribution is -3.00. The van der Waals surface area contributed by atoms with Gasteiger partial charge in [0.1, 0.15) is 0 Å². The van der Waals surface area contributed by atoms with E-state index in [9.17, 15) is 0 Å². The van der Waals surface area contributed by atoms with Crippen LogP contribution in [0, 0.1) is 0 Å². The van der Waals surface area contributed by atoms with Crippen LogP contribution in [0.3, 0.4) is 0 Å². The van der Waals surface area contributed by atoms with Crippen molar-refractivity contribution in [3.63, 3.8) is 0 Å². The topological polar surface area (TPSA) is 49.7 Å². The van der Waals surface area contributed by atoms with Gasteiger partial charge in [-0.1, -0.05) is 83.1 Å². The predicted molar refractivity (Wildman–Crippen MR) is 190 cm³/mol. The molecule has 4 aromatic rings. The molecule has 1 aliphatic rings. The summed E-state index contributed by atoms with van der Waals surface area (Å²) in [4.78, 5) is 30.2. The zero-order valence-corrected chi connectivity index (χ0v) is 35.4. The Morgan fingerprint density at radius 2 is 0.442 bits per heavy atom. The molecule has 0 saturated carbocycles. The van der Waals surface area contributed by atoms with Gasteiger partial charge in [-0.2, -0.15) is 18.3 Å². The fraction of sp³-hybridized carbons (Fsp3) is 0.381. The van der Waals surface area contributed by atoms with Crippen LogP contribution in [0.2, 0.25) is 0 Å². The van der Waals surface area contributed by atoms with Crippen molar-refractivity contribution in [2.45, 2.75) is 105 Å². The van der Waals surface area contributed by atoms with E-state index in [0.29, 0.717) is 22.8 Å². The second-order valence-corrected chi connectivity index (χ2v) is 17.0. The molecule has 5 rings (SSSR count). The molecule has 0 N–H and O–H groups in total. The van der Waals surface area contributed by atoms with Gasteiger partial charge in [-0.05, 0) is 43.9 Å². The highest BCUT2D eigenvalue weighted by molar-refractivity contribution is 6.55. The van der Waals surface area contributed by atoms with Crippen molar-refractivity contribution in [2.24, 2.45) is 0 Å². The van der Waals surface area contributed by atoms with Gasteiger partial charge in [-0.15, -0.1) is 0 Å². The van der Waals surface area contributed by atoms with Crippen LogP contribution >= 0.6 is 0 Å². The molecule has 0 atom stereocenters. The number of hydrogen-bond donors (Lipinski definition) is 0. The summed E-state index contributed by atoms with van der Waals surface area (Å²) in [7, 11) is 0. The average Bonchev–Trinajstić information content (AvgIpc) is 3.00. The van der Waals surface area contributed by atoms with Gasteiger partial charge in [0, 0.05) is 48.5 Å². The van der Waals surface area contributed by atoms with Gasteiger partial charge in [0.05, 0.1) is 0 Å². The number of aromatic nitrogens is 4. The number of ketones is 2. The molecular weight excluding hydrogens is 734 g/mol. The average molecular weight is 787 g/mol. The first-order valence-electron chi connectivity index (χ1n) is 16.8. The molecule has 4 aromatic heterocycles. The van der Waals surface area contributed by atoms with Crippen LogP contribution in [0.1, 0.15) is 105 Å². The van der Waals surface area contributed by atoms with Crippen LogP contribution in [-0.2, 0) is 31.2 Å². The maximum absolute atomic E-state index is 15.1. The van der Waals surface area contributed by atoms with Gasteiger partial charge >= 0.3 is 34.4 Å². The molecule has 0 aliphatic heterocycles. The van der Waals surface area contributed by atoms with E-state index in [1.807, 2.05) is 98.1 Å². The maximum Gasteiger partial charge on any atom is 0.342 e. The molecule has 6 nitrogen and oxygen atoms in total. The van der Waals surface area contributed by atoms with E-state index in [1.54, 1.807) is 18.3 Å². The Morgan fingerprint density at radius 3 is 0.558 bits per heavy atom. The summed E-state index contributed by atoms with van der Waals surface area (Å²) in [5.74, 6) is -0.497. The van der Waals surface area contributed by atoms with Gasteiger partial charge < -0.3 is 49.6 Å². The van der Waals surface area contributed by atoms with Crippen molar-refractivity contribution in [3.05, 3.63) is 120 Å². The van der Waals surface area contributed by atoms with E-state index in [1.165, 1.54) is 0 Å². The van der Waals surface area contributed by atoms with Gasteiger partial charge in [0.25, 0.3) is 0 Å². The van der Waals surface area contributed by atoms with E-state index in [2.05, 4.69) is 83.1 Å². The van der Waals surface area contributed by atoms with E-state index >= 15 is 9.59 Å². The summed E-state index contributed by atoms with van der Waals surface area (Å²) in [6.07, 6.45) is 15.2. The molecule has 10 heteroatoms. The van der Waals surface area contributed by atoms with Gasteiger partial charge in [-0.3, -0.25) is 9.59 Å². The lowest BCUT2D eigenvalue weighted by molar-refractivity contribution is -0.616. The highest BCUT2D eigenvalue weighted by Gasteiger charge is 2.55. The van der Waals surface area contributed by atoms with Crippen LogP contribution in [0.4, 0.5) is 0 Å². The summed E-state index contributed by atoms with van der Waals surface area (Å²) in [5, 5.41) is 0. The number of nitrogens with zero attached hydrogens (tertiary/aromatic N) is 4. The summed E-state index contributed by atoms with van der Waals surface area (Å²) < 4.78 is 7.18. The number of hydrogen-bond acceptors (Lipinski definition) is 2. The third-order valence-corrected chi connectivity index (χ3v) is 9.12. The molecule has 4 heterocycles. The molecule has 280 valence electrons. The van der Waals surface area contributed by atoms with Crippen molar-refractivity contribution in [1.82, 2.24) is 0 Å². The zero-order chi connectivity index (χ0) is 35.4. The lowest BCUT2D eigenvalue weighted by atomic mass is 9.87. The quantitative estimate of drug-likeness (QED) is 0.154. The Bertz CT molecular complexity index is 1650. The van der Waals surface area contributed by atoms with Crippen LogP contribution < -0.4 is 67.9 Å². The number of pyridine rings is 4. The molecule has 0 saturated heterocycles. The number of Topliss-reactive ketones (excluding diaryl/α,β-unsaturated/α-hetero) is 2. The number of carbonyl (C=O) groups is 2. The Kier molecular flexibility index (Phi) is 15.0. The van der Waals surface area contributed by atoms with Crippen LogP contribution in [0.15, 0.2) is 98.1 Å². The number of allylic oxidation sites excluding steroid dienone is 4. The van der Waals surface area contributed by atoms with E-state index < -0.39 is 0 Å². The number of carbonyl (C=O) groups excluding carboxylic acids is 2. The van der Waals surface area contributed by atoms with Crippen molar-refractivity contribution in [1.29, 1.82) is 0 Å². The molecule has 0 spiro atoms. The highest BCUT2D eigenvalue weighted by atomic mass is 35.5. The third-order valence-electron chi connectivity index (χ3n) is 9.12. The molecule has 52 heavy (non-hydrogen) atoms. The van der Waals surface area contributed by atoms with Crippen molar-refractivity contribution < 1.29 is 77.5 Å². The molecule has 0 bridgehead atoms. The fourth-order valence-electron chi connectivity index (χ4n) is 5.91. The zero-order valence-electron chi connectivity index (χ0n) is 32.4. The largest absolute Gasteiger partial charge is 1.00 e. The minimum atomic E-state index is -0.249. The summed E-state index contributed by atoms with van der Waals surface area (Å²) in [6.45, 7) is 25.9. The molecular formula is C42H52Cl4N4O2. The normalized spacial score (nSPS) is 13.8. The Morgan fingerprint density at radius 1 is 0.308 bits per heavy atom. The second-order valence-electron chi connectivity index (χ2n) is 17.0. The molecule has 0 fully saturated rings. The summed E-state index contributed by atoms with van der Waals surface area (Å²) in [5.41, 5.74) is 5.45. The fourth-order valence-corrected chi connectivity index (χ4v) is 5.91. The minimum Gasteiger partial charge on any atom is -1.00 e. The smallest absolute Gasteiger partial charge is 0.342 e. The molecule has 1 aliphatic carbocycles. The summed E-state index contributed by atoms with van der Waals surface area (Å²) in [6, 6.07) is 16.2. The molecule has 0 aromatic carbocycles. The van der Waals surface area contributed by atoms with E-state index in [-0.39, 0.29) is 82.9 Å². The Hall–Kier alpha value is -3.42. The van der Waals surface area contributed by atoms with Gasteiger partial charge in [0.2, 0.25) is 0 Å². The maximum atomic E-state index is 15.1. The third kappa shape index (κ3) is 9.57. The second kappa shape index (κ2) is 16.7. The molecule has 0 unspecified atom stereocenters. The standard InChI is InChI=1S/C42H52N4O2.4ClH/c1-39(2,3)29-13-21-43(22-14-29)33-34(44-23-15-30(16-24-44)40(4,5)6)38(48)36(46-27-19-32(20-28-46)42(10,11)12)35(37(33)47)45-25-17-31(18-26-45)41(7,8)9;;;;/h13-28H,1-12H3;4*1H/q+4;;;;/p-4. The highest BCUT2D eigenvalue weighted by Crippen LogP contribution is 2.29. The molecule has 0 amide bonds. The van der Waals surface area contributed by atoms with Crippen LogP contribution in [0.5, 0.6) is 0 Å². The first-order chi connectivity index (χ1) is 22.2. The van der Waals surface area contributed by atoms with Crippen molar-refractivity contribution in [2.75, 3.05) is 0 Å². The first kappa shape index (κ1) is 46.6. The predicted octanol–water partition coefficient (Wildman–Crippen LogP) is -5.45. The van der Waals surface area contributed by atoms with Crippen molar-refractivity contribution >= 4 is 34.4 Å². The molecule has 0 radical (unpaired) electrons. The minimum absolute atomic E-state index is 0. The summed E-state index contributed by atoms with van der Waals surface area (Å²) >= 11 is 0. The van der Waals surface area contributed by atoms with Gasteiger partial charge in [0.15, 0.2) is 49.6 Å². The Labute approximate surface area is 335 Å². The van der Waals surface area contributed by atoms with Crippen molar-refractivity contribution in [3.8, 4) is 0 Å².